The fourth-order valence-electron chi connectivity index (χ4n) is 0.854. The van der Waals surface area contributed by atoms with Gasteiger partial charge in [0, 0.05) is 0 Å². The molecule has 0 radical (unpaired) electrons. The lowest BCUT2D eigenvalue weighted by molar-refractivity contribution is 0.727. The average molecular weight is 139 g/mol. The Morgan fingerprint density at radius 2 is 1.30 bits per heavy atom. The van der Waals surface area contributed by atoms with Crippen molar-refractivity contribution in [2.45, 2.75) is 39.5 Å². The van der Waals surface area contributed by atoms with Crippen LogP contribution in [-0.4, -0.2) is 0 Å². The van der Waals surface area contributed by atoms with Crippen LogP contribution in [0.3, 0.4) is 0 Å². The van der Waals surface area contributed by atoms with Gasteiger partial charge < -0.3 is 0 Å². The Bertz CT molecular complexity index is 109. The van der Waals surface area contributed by atoms with Crippen molar-refractivity contribution in [2.75, 3.05) is 0 Å². The van der Waals surface area contributed by atoms with Crippen LogP contribution in [-0.2, 0) is 0 Å². The Morgan fingerprint density at radius 3 is 1.50 bits per heavy atom. The summed E-state index contributed by atoms with van der Waals surface area (Å²) in [6.07, 6.45) is 4.88. The van der Waals surface area contributed by atoms with E-state index in [1.807, 2.05) is 0 Å². The summed E-state index contributed by atoms with van der Waals surface area (Å²) in [5, 5.41) is 0. The molecule has 0 spiro atoms. The molecule has 0 aromatic rings. The van der Waals surface area contributed by atoms with Gasteiger partial charge in [0.15, 0.2) is 0 Å². The first-order chi connectivity index (χ1) is 4.63. The largest absolute Gasteiger partial charge is 1.00 e. The summed E-state index contributed by atoms with van der Waals surface area (Å²) in [6, 6.07) is 0. The average Bonchev–Trinajstić information content (AvgIpc) is 1.79. The number of rotatable bonds is 5. The van der Waals surface area contributed by atoms with Crippen LogP contribution in [0.1, 0.15) is 41.0 Å². The van der Waals surface area contributed by atoms with Gasteiger partial charge in [-0.15, -0.1) is 13.2 Å². The number of hydrogen-bond acceptors (Lipinski definition) is 0. The Morgan fingerprint density at radius 1 is 1.00 bits per heavy atom. The predicted molar refractivity (Wildman–Crippen MR) is 49.2 cm³/mol. The van der Waals surface area contributed by atoms with Crippen molar-refractivity contribution in [1.29, 1.82) is 0 Å². The minimum absolute atomic E-state index is 0. The van der Waals surface area contributed by atoms with Crippen LogP contribution in [0.2, 0.25) is 0 Å². The van der Waals surface area contributed by atoms with Gasteiger partial charge in [0.05, 0.1) is 0 Å². The normalized spacial score (nSPS) is 9.40. The summed E-state index contributed by atoms with van der Waals surface area (Å²) in [5.41, 5.74) is 2.59. The molecule has 0 aliphatic carbocycles. The van der Waals surface area contributed by atoms with Crippen molar-refractivity contribution in [1.82, 2.24) is 0 Å². The molecule has 0 aliphatic rings. The van der Waals surface area contributed by atoms with Gasteiger partial charge in [-0.25, -0.2) is 0 Å². The third-order valence-electron chi connectivity index (χ3n) is 1.46. The lowest BCUT2D eigenvalue weighted by Crippen LogP contribution is -1.79. The Kier molecular flexibility index (Phi) is 5.00. The molecule has 0 atom stereocenters. The second kappa shape index (κ2) is 5.28. The zero-order valence-corrected chi connectivity index (χ0v) is 7.24. The second-order valence-corrected chi connectivity index (χ2v) is 3.12. The molecule has 0 unspecified atom stereocenters. The molecular formula is C10H19+. The molecule has 0 aliphatic heterocycles. The van der Waals surface area contributed by atoms with Gasteiger partial charge in [-0.3, -0.25) is 0 Å². The molecule has 0 saturated carbocycles. The van der Waals surface area contributed by atoms with Crippen LogP contribution in [0, 0.1) is 0 Å². The molecule has 0 rings (SSSR count). The maximum Gasteiger partial charge on any atom is 1.00 e. The quantitative estimate of drug-likeness (QED) is 0.401. The van der Waals surface area contributed by atoms with Crippen molar-refractivity contribution < 1.29 is 1.43 Å². The number of hydrogen-bond donors (Lipinski definition) is 0. The van der Waals surface area contributed by atoms with Gasteiger partial charge >= 0.3 is 1.43 Å². The monoisotopic (exact) mass is 139 g/mol. The maximum absolute atomic E-state index is 3.85. The smallest absolute Gasteiger partial charge is 0.100 e. The second-order valence-electron chi connectivity index (χ2n) is 3.12. The van der Waals surface area contributed by atoms with Crippen LogP contribution >= 0.6 is 0 Å². The van der Waals surface area contributed by atoms with Gasteiger partial charge in [-0.1, -0.05) is 11.1 Å². The molecular weight excluding hydrogens is 120 g/mol. The summed E-state index contributed by atoms with van der Waals surface area (Å²) in [5.74, 6) is 0. The molecule has 0 saturated heterocycles. The van der Waals surface area contributed by atoms with E-state index in [2.05, 4.69) is 27.0 Å². The van der Waals surface area contributed by atoms with E-state index in [9.17, 15) is 0 Å². The lowest BCUT2D eigenvalue weighted by Gasteiger charge is -1.99. The van der Waals surface area contributed by atoms with E-state index in [4.69, 9.17) is 0 Å². The topological polar surface area (TPSA) is 0 Å². The van der Waals surface area contributed by atoms with E-state index in [-0.39, 0.29) is 1.43 Å². The minimum Gasteiger partial charge on any atom is -0.100 e. The highest BCUT2D eigenvalue weighted by molar-refractivity contribution is 4.90. The third-order valence-corrected chi connectivity index (χ3v) is 1.46. The molecule has 0 amide bonds. The fourth-order valence-corrected chi connectivity index (χ4v) is 0.854. The van der Waals surface area contributed by atoms with Crippen LogP contribution in [0.25, 0.3) is 0 Å². The SMILES string of the molecule is C=C(C)CCCCC(=C)C.[H+]. The molecule has 0 aromatic heterocycles. The summed E-state index contributed by atoms with van der Waals surface area (Å²) >= 11 is 0. The first kappa shape index (κ1) is 9.48. The first-order valence-electron chi connectivity index (χ1n) is 3.91. The Hall–Kier alpha value is -0.520. The fraction of sp³-hybridized carbons (Fsp3) is 0.600. The molecule has 58 valence electrons. The molecule has 0 heterocycles. The van der Waals surface area contributed by atoms with Gasteiger partial charge in [0.25, 0.3) is 0 Å². The predicted octanol–water partition coefficient (Wildman–Crippen LogP) is 3.81. The molecule has 0 aromatic carbocycles. The van der Waals surface area contributed by atoms with E-state index >= 15 is 0 Å². The Labute approximate surface area is 66.1 Å². The zero-order chi connectivity index (χ0) is 7.98. The molecule has 10 heavy (non-hydrogen) atoms. The summed E-state index contributed by atoms with van der Waals surface area (Å²) < 4.78 is 0. The van der Waals surface area contributed by atoms with Gasteiger partial charge in [-0.05, 0) is 39.5 Å². The summed E-state index contributed by atoms with van der Waals surface area (Å²) in [7, 11) is 0. The van der Waals surface area contributed by atoms with Crippen molar-refractivity contribution in [2.24, 2.45) is 0 Å². The zero-order valence-electron chi connectivity index (χ0n) is 8.24. The van der Waals surface area contributed by atoms with E-state index in [0.29, 0.717) is 0 Å². The number of unbranched alkanes of at least 4 members (excludes halogenated alkanes) is 1. The molecule has 0 heteroatoms. The minimum atomic E-state index is 0. The molecule has 0 N–H and O–H groups in total. The van der Waals surface area contributed by atoms with Crippen LogP contribution in [0.15, 0.2) is 24.3 Å². The van der Waals surface area contributed by atoms with Gasteiger partial charge in [-0.2, -0.15) is 0 Å². The van der Waals surface area contributed by atoms with Gasteiger partial charge in [0.2, 0.25) is 0 Å². The third kappa shape index (κ3) is 7.48. The lowest BCUT2D eigenvalue weighted by atomic mass is 10.1. The van der Waals surface area contributed by atoms with Crippen molar-refractivity contribution in [3.05, 3.63) is 24.3 Å². The summed E-state index contributed by atoms with van der Waals surface area (Å²) in [4.78, 5) is 0. The van der Waals surface area contributed by atoms with E-state index in [1.165, 1.54) is 36.8 Å². The van der Waals surface area contributed by atoms with Crippen molar-refractivity contribution in [3.63, 3.8) is 0 Å². The van der Waals surface area contributed by atoms with Crippen LogP contribution < -0.4 is 0 Å². The Balaban J connectivity index is 0. The molecule has 0 fully saturated rings. The first-order valence-corrected chi connectivity index (χ1v) is 3.91. The highest BCUT2D eigenvalue weighted by Gasteiger charge is 1.89. The van der Waals surface area contributed by atoms with Crippen LogP contribution in [0.4, 0.5) is 0 Å². The summed E-state index contributed by atoms with van der Waals surface area (Å²) in [6.45, 7) is 11.9. The van der Waals surface area contributed by atoms with Gasteiger partial charge in [0.1, 0.15) is 0 Å². The van der Waals surface area contributed by atoms with E-state index in [0.717, 1.165) is 0 Å². The standard InChI is InChI=1S/C10H18/c1-9(2)7-5-6-8-10(3)4/h1,3,5-8H2,2,4H3/p+1. The van der Waals surface area contributed by atoms with E-state index < -0.39 is 0 Å². The highest BCUT2D eigenvalue weighted by atomic mass is 14.0. The van der Waals surface area contributed by atoms with E-state index in [1.54, 1.807) is 0 Å². The highest BCUT2D eigenvalue weighted by Crippen LogP contribution is 2.09. The number of allylic oxidation sites excluding steroid dienone is 2. The van der Waals surface area contributed by atoms with Crippen molar-refractivity contribution in [3.8, 4) is 0 Å². The molecule has 0 bridgehead atoms. The van der Waals surface area contributed by atoms with Crippen LogP contribution in [0.5, 0.6) is 0 Å². The maximum atomic E-state index is 3.85. The van der Waals surface area contributed by atoms with Crippen molar-refractivity contribution >= 4 is 0 Å². The molecule has 0 nitrogen and oxygen atoms in total.